The van der Waals surface area contributed by atoms with E-state index in [2.05, 4.69) is 44.9 Å². The molecule has 0 radical (unpaired) electrons. The highest BCUT2D eigenvalue weighted by atomic mass is 15.2. The van der Waals surface area contributed by atoms with Crippen molar-refractivity contribution in [3.63, 3.8) is 0 Å². The van der Waals surface area contributed by atoms with Gasteiger partial charge in [-0.2, -0.15) is 0 Å². The molecule has 1 aliphatic heterocycles. The van der Waals surface area contributed by atoms with Crippen molar-refractivity contribution in [3.8, 4) is 11.4 Å². The Morgan fingerprint density at radius 3 is 2.81 bits per heavy atom. The fourth-order valence-electron chi connectivity index (χ4n) is 3.86. The maximum absolute atomic E-state index is 5.93. The summed E-state index contributed by atoms with van der Waals surface area (Å²) in [6, 6.07) is 12.4. The second-order valence-electron chi connectivity index (χ2n) is 7.09. The predicted octanol–water partition coefficient (Wildman–Crippen LogP) is 3.02. The average Bonchev–Trinajstić information content (AvgIpc) is 3.27. The third-order valence-electron chi connectivity index (χ3n) is 5.31. The van der Waals surface area contributed by atoms with Gasteiger partial charge in [0.1, 0.15) is 12.0 Å². The molecule has 1 saturated heterocycles. The molecule has 2 unspecified atom stereocenters. The minimum absolute atomic E-state index is 0.146. The monoisotopic (exact) mass is 346 g/mol. The van der Waals surface area contributed by atoms with Crippen LogP contribution in [0.4, 0.5) is 11.4 Å². The molecule has 1 aromatic heterocycles. The first kappa shape index (κ1) is 15.3. The molecule has 26 heavy (non-hydrogen) atoms. The summed E-state index contributed by atoms with van der Waals surface area (Å²) in [6.07, 6.45) is 6.08. The van der Waals surface area contributed by atoms with Crippen LogP contribution in [0, 0.1) is 0 Å². The van der Waals surface area contributed by atoms with Crippen LogP contribution in [-0.4, -0.2) is 16.0 Å². The number of benzene rings is 2. The van der Waals surface area contributed by atoms with Gasteiger partial charge in [-0.1, -0.05) is 12.1 Å². The minimum Gasteiger partial charge on any atom is -0.397 e. The Bertz CT molecular complexity index is 1020. The Morgan fingerprint density at radius 1 is 1.04 bits per heavy atom. The van der Waals surface area contributed by atoms with Gasteiger partial charge < -0.3 is 21.8 Å². The number of fused-ring (bicyclic) bond motifs is 2. The predicted molar refractivity (Wildman–Crippen MR) is 105 cm³/mol. The number of hydrogen-bond acceptors (Lipinski definition) is 5. The lowest BCUT2D eigenvalue weighted by atomic mass is 10.0. The van der Waals surface area contributed by atoms with Gasteiger partial charge in [-0.3, -0.25) is 5.32 Å². The normalized spacial score (nSPS) is 22.1. The molecule has 1 aliphatic carbocycles. The van der Waals surface area contributed by atoms with Crippen molar-refractivity contribution in [2.75, 3.05) is 11.5 Å². The van der Waals surface area contributed by atoms with Gasteiger partial charge in [0.25, 0.3) is 0 Å². The SMILES string of the molecule is Nc1ccc(-c2nc3ccc(C4NC5=CCCCC5N4)cc3[nH]2)cc1N. The summed E-state index contributed by atoms with van der Waals surface area (Å²) in [4.78, 5) is 8.10. The Kier molecular flexibility index (Phi) is 3.39. The summed E-state index contributed by atoms with van der Waals surface area (Å²) >= 11 is 0. The number of rotatable bonds is 2. The third kappa shape index (κ3) is 2.50. The lowest BCUT2D eigenvalue weighted by molar-refractivity contribution is 0.510. The first-order chi connectivity index (χ1) is 12.7. The number of anilines is 2. The molecule has 2 heterocycles. The van der Waals surface area contributed by atoms with E-state index in [-0.39, 0.29) is 6.17 Å². The van der Waals surface area contributed by atoms with Crippen molar-refractivity contribution in [2.45, 2.75) is 31.5 Å². The van der Waals surface area contributed by atoms with Crippen molar-refractivity contribution in [3.05, 3.63) is 53.7 Å². The molecule has 0 bridgehead atoms. The van der Waals surface area contributed by atoms with Gasteiger partial charge in [0.05, 0.1) is 22.4 Å². The molecule has 1 fully saturated rings. The lowest BCUT2D eigenvalue weighted by Crippen LogP contribution is -2.26. The number of hydrogen-bond donors (Lipinski definition) is 5. The fraction of sp³-hybridized carbons (Fsp3) is 0.250. The van der Waals surface area contributed by atoms with Gasteiger partial charge in [-0.15, -0.1) is 0 Å². The number of imidazole rings is 1. The van der Waals surface area contributed by atoms with E-state index in [4.69, 9.17) is 11.5 Å². The number of aromatic nitrogens is 2. The Balaban J connectivity index is 1.47. The highest BCUT2D eigenvalue weighted by Crippen LogP contribution is 2.30. The molecular weight excluding hydrogens is 324 g/mol. The van der Waals surface area contributed by atoms with E-state index in [9.17, 15) is 0 Å². The standard InChI is InChI=1S/C20H22N6/c21-13-7-5-11(9-14(13)22)19-25-17-8-6-12(10-18(17)26-19)20-23-15-3-1-2-4-16(15)24-20/h3,5-10,16,20,23-24H,1-2,4,21-22H2,(H,25,26). The topological polar surface area (TPSA) is 105 Å². The minimum atomic E-state index is 0.146. The van der Waals surface area contributed by atoms with E-state index in [0.29, 0.717) is 17.4 Å². The molecule has 0 amide bonds. The molecule has 2 atom stereocenters. The highest BCUT2D eigenvalue weighted by Gasteiger charge is 2.29. The second kappa shape index (κ2) is 5.78. The number of nitrogen functional groups attached to an aromatic ring is 2. The third-order valence-corrected chi connectivity index (χ3v) is 5.31. The molecular formula is C20H22N6. The van der Waals surface area contributed by atoms with E-state index in [1.807, 2.05) is 18.2 Å². The zero-order valence-corrected chi connectivity index (χ0v) is 14.4. The number of nitrogens with zero attached hydrogens (tertiary/aromatic N) is 1. The van der Waals surface area contributed by atoms with E-state index in [0.717, 1.165) is 22.4 Å². The maximum Gasteiger partial charge on any atom is 0.138 e. The maximum atomic E-state index is 5.93. The van der Waals surface area contributed by atoms with Crippen LogP contribution < -0.4 is 22.1 Å². The van der Waals surface area contributed by atoms with Crippen molar-refractivity contribution < 1.29 is 0 Å². The molecule has 2 aromatic carbocycles. The summed E-state index contributed by atoms with van der Waals surface area (Å²) in [7, 11) is 0. The van der Waals surface area contributed by atoms with E-state index in [1.54, 1.807) is 0 Å². The molecule has 132 valence electrons. The van der Waals surface area contributed by atoms with Crippen LogP contribution in [0.15, 0.2) is 48.2 Å². The van der Waals surface area contributed by atoms with Crippen molar-refractivity contribution in [1.82, 2.24) is 20.6 Å². The summed E-state index contributed by atoms with van der Waals surface area (Å²) in [5.74, 6) is 0.799. The largest absolute Gasteiger partial charge is 0.397 e. The Labute approximate surface area is 151 Å². The van der Waals surface area contributed by atoms with E-state index < -0.39 is 0 Å². The molecule has 2 aliphatic rings. The quantitative estimate of drug-likeness (QED) is 0.459. The van der Waals surface area contributed by atoms with Gasteiger partial charge >= 0.3 is 0 Å². The van der Waals surface area contributed by atoms with Gasteiger partial charge in [0.15, 0.2) is 0 Å². The summed E-state index contributed by atoms with van der Waals surface area (Å²) < 4.78 is 0. The Morgan fingerprint density at radius 2 is 1.96 bits per heavy atom. The van der Waals surface area contributed by atoms with Crippen molar-refractivity contribution >= 4 is 22.4 Å². The van der Waals surface area contributed by atoms with Crippen molar-refractivity contribution in [2.24, 2.45) is 0 Å². The van der Waals surface area contributed by atoms with Gasteiger partial charge in [0, 0.05) is 17.3 Å². The molecule has 5 rings (SSSR count). The first-order valence-corrected chi connectivity index (χ1v) is 9.05. The van der Waals surface area contributed by atoms with Gasteiger partial charge in [-0.05, 0) is 55.2 Å². The van der Waals surface area contributed by atoms with Crippen LogP contribution >= 0.6 is 0 Å². The molecule has 0 spiro atoms. The zero-order valence-electron chi connectivity index (χ0n) is 14.4. The smallest absolute Gasteiger partial charge is 0.138 e. The van der Waals surface area contributed by atoms with E-state index >= 15 is 0 Å². The van der Waals surface area contributed by atoms with Crippen LogP contribution in [0.25, 0.3) is 22.4 Å². The molecule has 7 N–H and O–H groups in total. The summed E-state index contributed by atoms with van der Waals surface area (Å²) in [5.41, 5.74) is 18.3. The summed E-state index contributed by atoms with van der Waals surface area (Å²) in [5, 5.41) is 7.29. The van der Waals surface area contributed by atoms with Crippen LogP contribution in [0.2, 0.25) is 0 Å². The average molecular weight is 346 g/mol. The molecule has 0 saturated carbocycles. The zero-order chi connectivity index (χ0) is 17.7. The van der Waals surface area contributed by atoms with Crippen LogP contribution in [-0.2, 0) is 0 Å². The molecule has 6 nitrogen and oxygen atoms in total. The Hall–Kier alpha value is -2.99. The first-order valence-electron chi connectivity index (χ1n) is 9.05. The number of H-pyrrole nitrogens is 1. The fourth-order valence-corrected chi connectivity index (χ4v) is 3.86. The van der Waals surface area contributed by atoms with Gasteiger partial charge in [0.2, 0.25) is 0 Å². The lowest BCUT2D eigenvalue weighted by Gasteiger charge is -2.15. The highest BCUT2D eigenvalue weighted by molar-refractivity contribution is 5.81. The van der Waals surface area contributed by atoms with E-state index in [1.165, 1.54) is 30.5 Å². The molecule has 3 aromatic rings. The number of aromatic amines is 1. The summed E-state index contributed by atoms with van der Waals surface area (Å²) in [6.45, 7) is 0. The van der Waals surface area contributed by atoms with Crippen LogP contribution in [0.5, 0.6) is 0 Å². The van der Waals surface area contributed by atoms with Crippen LogP contribution in [0.1, 0.15) is 31.0 Å². The number of allylic oxidation sites excluding steroid dienone is 1. The second-order valence-corrected chi connectivity index (χ2v) is 7.09. The van der Waals surface area contributed by atoms with Crippen molar-refractivity contribution in [1.29, 1.82) is 0 Å². The van der Waals surface area contributed by atoms with Crippen LogP contribution in [0.3, 0.4) is 0 Å². The number of nitrogens with one attached hydrogen (secondary N) is 3. The van der Waals surface area contributed by atoms with Gasteiger partial charge in [-0.25, -0.2) is 4.98 Å². The molecule has 6 heteroatoms. The number of nitrogens with two attached hydrogens (primary N) is 2.